The summed E-state index contributed by atoms with van der Waals surface area (Å²) in [5, 5.41) is 9.43. The van der Waals surface area contributed by atoms with Crippen LogP contribution in [0.3, 0.4) is 0 Å². The maximum atomic E-state index is 12.4. The quantitative estimate of drug-likeness (QED) is 0.763. The van der Waals surface area contributed by atoms with E-state index < -0.39 is 11.4 Å². The number of ether oxygens (including phenoxy) is 1. The first-order valence-corrected chi connectivity index (χ1v) is 7.11. The summed E-state index contributed by atoms with van der Waals surface area (Å²) in [5.74, 6) is -0.815. The van der Waals surface area contributed by atoms with Gasteiger partial charge < -0.3 is 14.7 Å². The average Bonchev–Trinajstić information content (AvgIpc) is 3.09. The molecule has 2 fully saturated rings. The van der Waals surface area contributed by atoms with Crippen LogP contribution in [0.25, 0.3) is 0 Å². The van der Waals surface area contributed by atoms with Crippen molar-refractivity contribution in [1.29, 1.82) is 0 Å². The number of carbonyl (C=O) groups excluding carboxylic acids is 1. The SMILES string of the molecule is COCCN(C(=O)CC1(C(=O)O)CCCC1)C1CC1. The molecule has 2 aliphatic rings. The molecule has 0 aromatic rings. The molecule has 2 aliphatic carbocycles. The summed E-state index contributed by atoms with van der Waals surface area (Å²) in [7, 11) is 1.62. The Kier molecular flexibility index (Phi) is 4.45. The highest BCUT2D eigenvalue weighted by Gasteiger charge is 2.45. The van der Waals surface area contributed by atoms with Crippen molar-refractivity contribution < 1.29 is 19.4 Å². The lowest BCUT2D eigenvalue weighted by molar-refractivity contribution is -0.153. The Morgan fingerprint density at radius 2 is 1.95 bits per heavy atom. The van der Waals surface area contributed by atoms with Gasteiger partial charge in [-0.1, -0.05) is 12.8 Å². The smallest absolute Gasteiger partial charge is 0.310 e. The van der Waals surface area contributed by atoms with E-state index in [1.807, 2.05) is 4.90 Å². The van der Waals surface area contributed by atoms with Gasteiger partial charge in [0.05, 0.1) is 12.0 Å². The molecule has 1 N–H and O–H groups in total. The first-order chi connectivity index (χ1) is 9.09. The number of carboxylic acid groups (broad SMARTS) is 1. The van der Waals surface area contributed by atoms with Gasteiger partial charge in [-0.05, 0) is 25.7 Å². The summed E-state index contributed by atoms with van der Waals surface area (Å²) < 4.78 is 5.03. The van der Waals surface area contributed by atoms with Crippen molar-refractivity contribution in [3.05, 3.63) is 0 Å². The van der Waals surface area contributed by atoms with Crippen LogP contribution in [0.5, 0.6) is 0 Å². The molecule has 0 bridgehead atoms. The maximum Gasteiger partial charge on any atom is 0.310 e. The zero-order valence-corrected chi connectivity index (χ0v) is 11.6. The van der Waals surface area contributed by atoms with Gasteiger partial charge in [-0.25, -0.2) is 0 Å². The fourth-order valence-electron chi connectivity index (χ4n) is 3.00. The molecular formula is C14H23NO4. The number of carbonyl (C=O) groups is 2. The third kappa shape index (κ3) is 3.26. The Balaban J connectivity index is 1.98. The van der Waals surface area contributed by atoms with Crippen molar-refractivity contribution in [2.24, 2.45) is 5.41 Å². The average molecular weight is 269 g/mol. The zero-order chi connectivity index (χ0) is 13.9. The van der Waals surface area contributed by atoms with E-state index in [2.05, 4.69) is 0 Å². The second-order valence-electron chi connectivity index (χ2n) is 5.78. The van der Waals surface area contributed by atoms with Gasteiger partial charge in [0.1, 0.15) is 0 Å². The molecule has 0 unspecified atom stereocenters. The second-order valence-corrected chi connectivity index (χ2v) is 5.78. The molecule has 2 rings (SSSR count). The van der Waals surface area contributed by atoms with Gasteiger partial charge in [0.15, 0.2) is 0 Å². The van der Waals surface area contributed by atoms with Crippen LogP contribution in [0, 0.1) is 5.41 Å². The van der Waals surface area contributed by atoms with Crippen LogP contribution in [-0.2, 0) is 14.3 Å². The number of hydrogen-bond acceptors (Lipinski definition) is 3. The number of aliphatic carboxylic acids is 1. The monoisotopic (exact) mass is 269 g/mol. The zero-order valence-electron chi connectivity index (χ0n) is 11.6. The van der Waals surface area contributed by atoms with E-state index in [0.29, 0.717) is 32.0 Å². The molecule has 0 radical (unpaired) electrons. The maximum absolute atomic E-state index is 12.4. The van der Waals surface area contributed by atoms with E-state index in [0.717, 1.165) is 25.7 Å². The lowest BCUT2D eigenvalue weighted by atomic mass is 9.82. The summed E-state index contributed by atoms with van der Waals surface area (Å²) >= 11 is 0. The van der Waals surface area contributed by atoms with Crippen molar-refractivity contribution in [2.45, 2.75) is 51.0 Å². The second kappa shape index (κ2) is 5.90. The van der Waals surface area contributed by atoms with Gasteiger partial charge in [-0.2, -0.15) is 0 Å². The molecule has 5 nitrogen and oxygen atoms in total. The molecule has 19 heavy (non-hydrogen) atoms. The van der Waals surface area contributed by atoms with Gasteiger partial charge in [0, 0.05) is 26.1 Å². The Bertz CT molecular complexity index is 345. The minimum absolute atomic E-state index is 0.0103. The van der Waals surface area contributed by atoms with Gasteiger partial charge in [-0.15, -0.1) is 0 Å². The molecule has 0 heterocycles. The summed E-state index contributed by atoms with van der Waals surface area (Å²) in [6.07, 6.45) is 5.34. The lowest BCUT2D eigenvalue weighted by Gasteiger charge is -2.28. The fourth-order valence-corrected chi connectivity index (χ4v) is 3.00. The summed E-state index contributed by atoms with van der Waals surface area (Å²) in [4.78, 5) is 25.7. The molecule has 5 heteroatoms. The van der Waals surface area contributed by atoms with E-state index in [1.54, 1.807) is 7.11 Å². The Hall–Kier alpha value is -1.10. The van der Waals surface area contributed by atoms with E-state index >= 15 is 0 Å². The van der Waals surface area contributed by atoms with Crippen molar-refractivity contribution in [3.63, 3.8) is 0 Å². The van der Waals surface area contributed by atoms with Crippen LogP contribution in [0.4, 0.5) is 0 Å². The molecule has 1 amide bonds. The van der Waals surface area contributed by atoms with Gasteiger partial charge in [-0.3, -0.25) is 9.59 Å². The topological polar surface area (TPSA) is 66.8 Å². The molecule has 0 atom stereocenters. The standard InChI is InChI=1S/C14H23NO4/c1-19-9-8-15(11-4-5-11)12(16)10-14(13(17)18)6-2-3-7-14/h11H,2-10H2,1H3,(H,17,18). The largest absolute Gasteiger partial charge is 0.481 e. The van der Waals surface area contributed by atoms with Crippen LogP contribution in [-0.4, -0.2) is 48.2 Å². The third-order valence-corrected chi connectivity index (χ3v) is 4.35. The lowest BCUT2D eigenvalue weighted by Crippen LogP contribution is -2.41. The van der Waals surface area contributed by atoms with E-state index in [1.165, 1.54) is 0 Å². The van der Waals surface area contributed by atoms with E-state index in [4.69, 9.17) is 4.74 Å². The molecule has 0 aromatic heterocycles. The van der Waals surface area contributed by atoms with Gasteiger partial charge >= 0.3 is 5.97 Å². The minimum Gasteiger partial charge on any atom is -0.481 e. The Morgan fingerprint density at radius 3 is 2.42 bits per heavy atom. The number of hydrogen-bond donors (Lipinski definition) is 1. The van der Waals surface area contributed by atoms with Crippen molar-refractivity contribution in [2.75, 3.05) is 20.3 Å². The van der Waals surface area contributed by atoms with Crippen LogP contribution in [0.15, 0.2) is 0 Å². The number of rotatable bonds is 7. The predicted molar refractivity (Wildman–Crippen MR) is 69.8 cm³/mol. The molecule has 108 valence electrons. The summed E-state index contributed by atoms with van der Waals surface area (Å²) in [5.41, 5.74) is -0.808. The third-order valence-electron chi connectivity index (χ3n) is 4.35. The minimum atomic E-state index is -0.808. The molecule has 0 aliphatic heterocycles. The number of nitrogens with zero attached hydrogens (tertiary/aromatic N) is 1. The first-order valence-electron chi connectivity index (χ1n) is 7.11. The fraction of sp³-hybridized carbons (Fsp3) is 0.857. The van der Waals surface area contributed by atoms with Gasteiger partial charge in [0.25, 0.3) is 0 Å². The Labute approximate surface area is 113 Å². The van der Waals surface area contributed by atoms with Crippen LogP contribution < -0.4 is 0 Å². The summed E-state index contributed by atoms with van der Waals surface area (Å²) in [6.45, 7) is 1.10. The van der Waals surface area contributed by atoms with E-state index in [9.17, 15) is 14.7 Å². The van der Waals surface area contributed by atoms with Crippen LogP contribution in [0.1, 0.15) is 44.9 Å². The van der Waals surface area contributed by atoms with Crippen LogP contribution in [0.2, 0.25) is 0 Å². The van der Waals surface area contributed by atoms with E-state index in [-0.39, 0.29) is 12.3 Å². The number of amides is 1. The van der Waals surface area contributed by atoms with Crippen molar-refractivity contribution in [3.8, 4) is 0 Å². The van der Waals surface area contributed by atoms with Gasteiger partial charge in [0.2, 0.25) is 5.91 Å². The highest BCUT2D eigenvalue weighted by Crippen LogP contribution is 2.42. The molecule has 0 aromatic carbocycles. The molecule has 2 saturated carbocycles. The highest BCUT2D eigenvalue weighted by molar-refractivity contribution is 5.85. The van der Waals surface area contributed by atoms with Crippen molar-refractivity contribution >= 4 is 11.9 Å². The summed E-state index contributed by atoms with van der Waals surface area (Å²) in [6, 6.07) is 0.315. The molecule has 0 spiro atoms. The molecular weight excluding hydrogens is 246 g/mol. The molecule has 0 saturated heterocycles. The Morgan fingerprint density at radius 1 is 1.32 bits per heavy atom. The van der Waals surface area contributed by atoms with Crippen LogP contribution >= 0.6 is 0 Å². The number of methoxy groups -OCH3 is 1. The first kappa shape index (κ1) is 14.3. The normalized spacial score (nSPS) is 21.3. The number of carboxylic acids is 1. The highest BCUT2D eigenvalue weighted by atomic mass is 16.5. The predicted octanol–water partition coefficient (Wildman–Crippen LogP) is 1.66. The van der Waals surface area contributed by atoms with Crippen molar-refractivity contribution in [1.82, 2.24) is 4.90 Å².